The van der Waals surface area contributed by atoms with Gasteiger partial charge in [-0.1, -0.05) is 0 Å². The van der Waals surface area contributed by atoms with Crippen LogP contribution in [0.3, 0.4) is 0 Å². The van der Waals surface area contributed by atoms with Gasteiger partial charge in [-0.05, 0) is 39.3 Å². The van der Waals surface area contributed by atoms with Crippen LogP contribution in [0.15, 0.2) is 12.4 Å². The van der Waals surface area contributed by atoms with Gasteiger partial charge in [0.2, 0.25) is 0 Å². The van der Waals surface area contributed by atoms with Gasteiger partial charge >= 0.3 is 0 Å². The lowest BCUT2D eigenvalue weighted by molar-refractivity contribution is 0.343. The van der Waals surface area contributed by atoms with Gasteiger partial charge in [-0.25, -0.2) is 0 Å². The summed E-state index contributed by atoms with van der Waals surface area (Å²) in [5.74, 6) is 0. The van der Waals surface area contributed by atoms with Crippen molar-refractivity contribution in [3.05, 3.63) is 12.4 Å². The summed E-state index contributed by atoms with van der Waals surface area (Å²) in [6, 6.07) is 1.30. The van der Waals surface area contributed by atoms with Gasteiger partial charge in [0.15, 0.2) is 0 Å². The fourth-order valence-corrected chi connectivity index (χ4v) is 2.65. The van der Waals surface area contributed by atoms with Crippen molar-refractivity contribution in [1.29, 1.82) is 0 Å². The summed E-state index contributed by atoms with van der Waals surface area (Å²) in [5, 5.41) is 7.92. The molecule has 0 aliphatic carbocycles. The molecule has 0 bridgehead atoms. The van der Waals surface area contributed by atoms with Gasteiger partial charge in [-0.15, -0.1) is 0 Å². The molecule has 0 saturated carbocycles. The zero-order valence-electron chi connectivity index (χ0n) is 9.89. The lowest BCUT2D eigenvalue weighted by Gasteiger charge is -2.39. The van der Waals surface area contributed by atoms with Gasteiger partial charge in [0, 0.05) is 18.8 Å². The van der Waals surface area contributed by atoms with Gasteiger partial charge in [0.25, 0.3) is 0 Å². The molecule has 1 atom stereocenters. The average Bonchev–Trinajstić information content (AvgIpc) is 2.77. The molecule has 1 unspecified atom stereocenters. The van der Waals surface area contributed by atoms with Crippen LogP contribution in [0, 0.1) is 0 Å². The second-order valence-corrected chi connectivity index (χ2v) is 4.99. The van der Waals surface area contributed by atoms with E-state index < -0.39 is 0 Å². The van der Waals surface area contributed by atoms with Crippen LogP contribution in [-0.2, 0) is 0 Å². The first-order valence-corrected chi connectivity index (χ1v) is 6.36. The topological polar surface area (TPSA) is 33.1 Å². The quantitative estimate of drug-likeness (QED) is 0.818. The van der Waals surface area contributed by atoms with E-state index in [2.05, 4.69) is 33.1 Å². The number of anilines is 1. The number of piperidine rings is 1. The summed E-state index contributed by atoms with van der Waals surface area (Å²) in [6.45, 7) is 5.73. The van der Waals surface area contributed by atoms with Crippen LogP contribution in [0.25, 0.3) is 0 Å². The smallest absolute Gasteiger partial charge is 0.0755 e. The van der Waals surface area contributed by atoms with E-state index in [1.165, 1.54) is 31.5 Å². The minimum atomic E-state index is 0.603. The van der Waals surface area contributed by atoms with Crippen molar-refractivity contribution in [1.82, 2.24) is 15.1 Å². The Morgan fingerprint density at radius 1 is 1.31 bits per heavy atom. The van der Waals surface area contributed by atoms with Gasteiger partial charge in [0.1, 0.15) is 0 Å². The maximum atomic E-state index is 4.52. The lowest BCUT2D eigenvalue weighted by atomic mass is 10.1. The predicted octanol–water partition coefficient (Wildman–Crippen LogP) is 1.41. The van der Waals surface area contributed by atoms with E-state index in [1.807, 2.05) is 6.20 Å². The highest BCUT2D eigenvalue weighted by Crippen LogP contribution is 2.27. The molecule has 88 valence electrons. The van der Waals surface area contributed by atoms with Crippen LogP contribution < -0.4 is 10.2 Å². The van der Waals surface area contributed by atoms with Crippen molar-refractivity contribution in [2.45, 2.75) is 38.3 Å². The minimum absolute atomic E-state index is 0.603. The first-order chi connectivity index (χ1) is 7.84. The van der Waals surface area contributed by atoms with E-state index in [0.29, 0.717) is 12.1 Å². The Labute approximate surface area is 96.6 Å². The Balaban J connectivity index is 1.71. The summed E-state index contributed by atoms with van der Waals surface area (Å²) in [7, 11) is 0. The monoisotopic (exact) mass is 220 g/mol. The summed E-state index contributed by atoms with van der Waals surface area (Å²) in [4.78, 5) is 2.44. The molecule has 4 heteroatoms. The molecular formula is C12H20N4. The number of nitrogens with zero attached hydrogens (tertiary/aromatic N) is 3. The normalized spacial score (nSPS) is 26.8. The number of rotatable bonds is 2. The van der Waals surface area contributed by atoms with Crippen molar-refractivity contribution in [2.24, 2.45) is 0 Å². The molecule has 2 fully saturated rings. The largest absolute Gasteiger partial charge is 0.366 e. The van der Waals surface area contributed by atoms with Crippen LogP contribution in [0.1, 0.15) is 32.2 Å². The molecule has 1 aromatic heterocycles. The number of nitrogens with one attached hydrogen (secondary N) is 1. The van der Waals surface area contributed by atoms with Crippen molar-refractivity contribution < 1.29 is 0 Å². The van der Waals surface area contributed by atoms with Gasteiger partial charge in [-0.2, -0.15) is 5.10 Å². The van der Waals surface area contributed by atoms with Crippen molar-refractivity contribution in [3.8, 4) is 0 Å². The number of aromatic nitrogens is 2. The highest BCUT2D eigenvalue weighted by molar-refractivity contribution is 5.46. The van der Waals surface area contributed by atoms with E-state index in [0.717, 1.165) is 13.1 Å². The Morgan fingerprint density at radius 2 is 2.12 bits per heavy atom. The maximum absolute atomic E-state index is 4.52. The average molecular weight is 220 g/mol. The molecule has 1 aromatic rings. The van der Waals surface area contributed by atoms with Crippen LogP contribution in [0.4, 0.5) is 5.69 Å². The van der Waals surface area contributed by atoms with Gasteiger partial charge in [0.05, 0.1) is 17.9 Å². The molecule has 3 heterocycles. The third-order valence-corrected chi connectivity index (χ3v) is 3.92. The second kappa shape index (κ2) is 4.09. The molecule has 2 saturated heterocycles. The Morgan fingerprint density at radius 3 is 2.75 bits per heavy atom. The zero-order valence-corrected chi connectivity index (χ0v) is 9.89. The van der Waals surface area contributed by atoms with Gasteiger partial charge < -0.3 is 10.2 Å². The molecule has 2 aliphatic rings. The van der Waals surface area contributed by atoms with E-state index in [9.17, 15) is 0 Å². The molecule has 0 spiro atoms. The highest BCUT2D eigenvalue weighted by Gasteiger charge is 2.25. The SMILES string of the molecule is CC1CCN1c1cnn(C2CCNCC2)c1. The molecular weight excluding hydrogens is 200 g/mol. The zero-order chi connectivity index (χ0) is 11.0. The Kier molecular flexibility index (Phi) is 2.59. The van der Waals surface area contributed by atoms with Crippen LogP contribution >= 0.6 is 0 Å². The minimum Gasteiger partial charge on any atom is -0.366 e. The summed E-state index contributed by atoms with van der Waals surface area (Å²) < 4.78 is 2.17. The molecule has 0 aromatic carbocycles. The molecule has 16 heavy (non-hydrogen) atoms. The van der Waals surface area contributed by atoms with Gasteiger partial charge in [-0.3, -0.25) is 4.68 Å². The van der Waals surface area contributed by atoms with E-state index >= 15 is 0 Å². The summed E-state index contributed by atoms with van der Waals surface area (Å²) in [6.07, 6.45) is 7.98. The fourth-order valence-electron chi connectivity index (χ4n) is 2.65. The number of hydrogen-bond acceptors (Lipinski definition) is 3. The van der Waals surface area contributed by atoms with E-state index in [-0.39, 0.29) is 0 Å². The molecule has 3 rings (SSSR count). The molecule has 2 aliphatic heterocycles. The lowest BCUT2D eigenvalue weighted by Crippen LogP contribution is -2.45. The van der Waals surface area contributed by atoms with Crippen LogP contribution in [-0.4, -0.2) is 35.5 Å². The van der Waals surface area contributed by atoms with Crippen LogP contribution in [0.5, 0.6) is 0 Å². The van der Waals surface area contributed by atoms with E-state index in [1.54, 1.807) is 0 Å². The Bertz CT molecular complexity index is 354. The van der Waals surface area contributed by atoms with Crippen molar-refractivity contribution in [3.63, 3.8) is 0 Å². The Hall–Kier alpha value is -1.03. The fraction of sp³-hybridized carbons (Fsp3) is 0.750. The number of hydrogen-bond donors (Lipinski definition) is 1. The second-order valence-electron chi connectivity index (χ2n) is 4.99. The standard InChI is InChI=1S/C12H20N4/c1-10-4-7-15(10)12-8-14-16(9-12)11-2-5-13-6-3-11/h8-11,13H,2-7H2,1H3. The van der Waals surface area contributed by atoms with E-state index in [4.69, 9.17) is 0 Å². The molecule has 1 N–H and O–H groups in total. The van der Waals surface area contributed by atoms with Crippen molar-refractivity contribution in [2.75, 3.05) is 24.5 Å². The maximum Gasteiger partial charge on any atom is 0.0755 e. The predicted molar refractivity (Wildman–Crippen MR) is 64.8 cm³/mol. The third-order valence-electron chi connectivity index (χ3n) is 3.92. The van der Waals surface area contributed by atoms with Crippen LogP contribution in [0.2, 0.25) is 0 Å². The van der Waals surface area contributed by atoms with Crippen molar-refractivity contribution >= 4 is 5.69 Å². The summed E-state index contributed by atoms with van der Waals surface area (Å²) in [5.41, 5.74) is 1.30. The highest BCUT2D eigenvalue weighted by atomic mass is 15.3. The molecule has 0 radical (unpaired) electrons. The summed E-state index contributed by atoms with van der Waals surface area (Å²) >= 11 is 0. The first kappa shape index (κ1) is 10.1. The molecule has 0 amide bonds. The first-order valence-electron chi connectivity index (χ1n) is 6.36. The third kappa shape index (κ3) is 1.71. The molecule has 4 nitrogen and oxygen atoms in total.